The number of rotatable bonds is 5. The van der Waals surface area contributed by atoms with Crippen LogP contribution >= 0.6 is 0 Å². The number of nitrogens with zero attached hydrogens (tertiary/aromatic N) is 3. The zero-order valence-corrected chi connectivity index (χ0v) is 17.5. The number of aromatic nitrogens is 2. The molecule has 32 heavy (non-hydrogen) atoms. The van der Waals surface area contributed by atoms with Crippen molar-refractivity contribution in [3.05, 3.63) is 76.4 Å². The normalized spacial score (nSPS) is 11.0. The van der Waals surface area contributed by atoms with Gasteiger partial charge in [-0.1, -0.05) is 6.07 Å². The number of nitro groups is 1. The van der Waals surface area contributed by atoms with Crippen LogP contribution in [0.3, 0.4) is 0 Å². The fourth-order valence-electron chi connectivity index (χ4n) is 2.67. The third-order valence-corrected chi connectivity index (χ3v) is 3.99. The minimum absolute atomic E-state index is 0.00533. The number of hydrogen-bond acceptors (Lipinski definition) is 6. The summed E-state index contributed by atoms with van der Waals surface area (Å²) >= 11 is 0. The number of ether oxygens (including phenoxy) is 1. The maximum Gasteiger partial charge on any atom is 0.412 e. The Kier molecular flexibility index (Phi) is 6.19. The molecule has 3 aromatic rings. The maximum absolute atomic E-state index is 13.8. The van der Waals surface area contributed by atoms with Gasteiger partial charge in [0.2, 0.25) is 0 Å². The first-order valence-electron chi connectivity index (χ1n) is 9.43. The third-order valence-electron chi connectivity index (χ3n) is 3.99. The fraction of sp³-hybridized carbons (Fsp3) is 0.190. The summed E-state index contributed by atoms with van der Waals surface area (Å²) in [5.74, 6) is -1.30. The summed E-state index contributed by atoms with van der Waals surface area (Å²) in [5.41, 5.74) is -0.368. The molecule has 0 atom stereocenters. The van der Waals surface area contributed by atoms with Gasteiger partial charge >= 0.3 is 6.09 Å². The lowest BCUT2D eigenvalue weighted by Gasteiger charge is -2.20. The van der Waals surface area contributed by atoms with Crippen molar-refractivity contribution in [1.29, 1.82) is 0 Å². The van der Waals surface area contributed by atoms with Crippen molar-refractivity contribution < 1.29 is 23.6 Å². The Balaban J connectivity index is 1.79. The number of nitrogens with one attached hydrogen (secondary N) is 2. The smallest absolute Gasteiger partial charge is 0.412 e. The largest absolute Gasteiger partial charge is 0.444 e. The first-order chi connectivity index (χ1) is 15.0. The topological polar surface area (TPSA) is 128 Å². The van der Waals surface area contributed by atoms with Crippen LogP contribution in [0.25, 0.3) is 5.69 Å². The van der Waals surface area contributed by atoms with Crippen molar-refractivity contribution >= 4 is 29.1 Å². The summed E-state index contributed by atoms with van der Waals surface area (Å²) in [4.78, 5) is 35.1. The van der Waals surface area contributed by atoms with Crippen molar-refractivity contribution in [1.82, 2.24) is 9.78 Å². The molecule has 3 rings (SSSR count). The van der Waals surface area contributed by atoms with Gasteiger partial charge in [-0.3, -0.25) is 20.2 Å². The molecule has 166 valence electrons. The highest BCUT2D eigenvalue weighted by Gasteiger charge is 2.19. The van der Waals surface area contributed by atoms with Crippen LogP contribution in [0.2, 0.25) is 0 Å². The second-order valence-corrected chi connectivity index (χ2v) is 7.69. The van der Waals surface area contributed by atoms with Gasteiger partial charge in [0.1, 0.15) is 11.4 Å². The molecule has 2 N–H and O–H groups in total. The van der Waals surface area contributed by atoms with Crippen LogP contribution in [-0.4, -0.2) is 32.3 Å². The van der Waals surface area contributed by atoms with Gasteiger partial charge in [-0.05, 0) is 51.1 Å². The minimum atomic E-state index is -0.769. The Morgan fingerprint density at radius 1 is 1.09 bits per heavy atom. The molecule has 0 fully saturated rings. The molecule has 0 saturated heterocycles. The van der Waals surface area contributed by atoms with E-state index < -0.39 is 28.3 Å². The Labute approximate surface area is 182 Å². The standard InChI is InChI=1S/C21H20FN5O5/c1-21(2,3)32-20(29)24-16-8-7-13(22)11-18(16)23-19(28)17-9-10-26(25-17)14-5-4-6-15(12-14)27(30)31/h4-12H,1-3H3,(H,23,28)(H,24,29). The molecule has 0 unspecified atom stereocenters. The zero-order valence-electron chi connectivity index (χ0n) is 17.5. The van der Waals surface area contributed by atoms with Crippen LogP contribution in [0.4, 0.5) is 26.2 Å². The molecule has 0 saturated carbocycles. The average molecular weight is 441 g/mol. The predicted molar refractivity (Wildman–Crippen MR) is 114 cm³/mol. The van der Waals surface area contributed by atoms with E-state index in [2.05, 4.69) is 15.7 Å². The van der Waals surface area contributed by atoms with Gasteiger partial charge in [0.05, 0.1) is 22.0 Å². The molecule has 0 spiro atoms. The molecule has 2 amide bonds. The van der Waals surface area contributed by atoms with Crippen LogP contribution < -0.4 is 10.6 Å². The first-order valence-corrected chi connectivity index (χ1v) is 9.43. The second kappa shape index (κ2) is 8.84. The highest BCUT2D eigenvalue weighted by molar-refractivity contribution is 6.05. The van der Waals surface area contributed by atoms with Crippen LogP contribution in [0.5, 0.6) is 0 Å². The van der Waals surface area contributed by atoms with Crippen molar-refractivity contribution in [2.45, 2.75) is 26.4 Å². The number of anilines is 2. The second-order valence-electron chi connectivity index (χ2n) is 7.69. The van der Waals surface area contributed by atoms with Crippen molar-refractivity contribution in [2.24, 2.45) is 0 Å². The first kappa shape index (κ1) is 22.4. The van der Waals surface area contributed by atoms with E-state index in [0.29, 0.717) is 5.69 Å². The molecule has 11 heteroatoms. The Morgan fingerprint density at radius 2 is 1.84 bits per heavy atom. The van der Waals surface area contributed by atoms with Crippen molar-refractivity contribution in [2.75, 3.05) is 10.6 Å². The molecule has 0 radical (unpaired) electrons. The van der Waals surface area contributed by atoms with Crippen LogP contribution in [-0.2, 0) is 4.74 Å². The van der Waals surface area contributed by atoms with Gasteiger partial charge in [-0.15, -0.1) is 0 Å². The number of non-ortho nitro benzene ring substituents is 1. The molecular weight excluding hydrogens is 421 g/mol. The Bertz CT molecular complexity index is 1190. The lowest BCUT2D eigenvalue weighted by atomic mass is 10.2. The molecule has 1 aromatic heterocycles. The zero-order chi connectivity index (χ0) is 23.5. The monoisotopic (exact) mass is 441 g/mol. The van der Waals surface area contributed by atoms with E-state index in [1.54, 1.807) is 26.8 Å². The minimum Gasteiger partial charge on any atom is -0.444 e. The third kappa shape index (κ3) is 5.65. The lowest BCUT2D eigenvalue weighted by Crippen LogP contribution is -2.27. The van der Waals surface area contributed by atoms with Gasteiger partial charge in [0, 0.05) is 18.3 Å². The molecule has 1 heterocycles. The highest BCUT2D eigenvalue weighted by atomic mass is 19.1. The van der Waals surface area contributed by atoms with Gasteiger partial charge in [-0.2, -0.15) is 5.10 Å². The Hall–Kier alpha value is -4.28. The lowest BCUT2D eigenvalue weighted by molar-refractivity contribution is -0.384. The maximum atomic E-state index is 13.8. The molecule has 0 aliphatic carbocycles. The van der Waals surface area contributed by atoms with E-state index in [0.717, 1.165) is 12.1 Å². The quantitative estimate of drug-likeness (QED) is 0.442. The van der Waals surface area contributed by atoms with E-state index in [4.69, 9.17) is 4.74 Å². The van der Waals surface area contributed by atoms with Crippen LogP contribution in [0.1, 0.15) is 31.3 Å². The SMILES string of the molecule is CC(C)(C)OC(=O)Nc1ccc(F)cc1NC(=O)c1ccn(-c2cccc([N+](=O)[O-])c2)n1. The van der Waals surface area contributed by atoms with Crippen LogP contribution in [0.15, 0.2) is 54.7 Å². The summed E-state index contributed by atoms with van der Waals surface area (Å²) in [7, 11) is 0. The van der Waals surface area contributed by atoms with E-state index in [1.165, 1.54) is 41.2 Å². The molecule has 10 nitrogen and oxygen atoms in total. The summed E-state index contributed by atoms with van der Waals surface area (Å²) < 4.78 is 20.2. The van der Waals surface area contributed by atoms with Crippen molar-refractivity contribution in [3.8, 4) is 5.69 Å². The van der Waals surface area contributed by atoms with E-state index in [9.17, 15) is 24.1 Å². The number of carbonyl (C=O) groups excluding carboxylic acids is 2. The number of nitro benzene ring substituents is 1. The van der Waals surface area contributed by atoms with Gasteiger partial charge in [0.15, 0.2) is 5.69 Å². The van der Waals surface area contributed by atoms with E-state index >= 15 is 0 Å². The summed E-state index contributed by atoms with van der Waals surface area (Å²) in [6.07, 6.45) is 0.689. The van der Waals surface area contributed by atoms with Gasteiger partial charge < -0.3 is 10.1 Å². The number of amides is 2. The number of hydrogen-bond donors (Lipinski definition) is 2. The number of benzene rings is 2. The molecule has 0 aliphatic heterocycles. The van der Waals surface area contributed by atoms with E-state index in [1.807, 2.05) is 0 Å². The average Bonchev–Trinajstić information content (AvgIpc) is 3.19. The van der Waals surface area contributed by atoms with Gasteiger partial charge in [0.25, 0.3) is 11.6 Å². The molecular formula is C21H20FN5O5. The number of halogens is 1. The summed E-state index contributed by atoms with van der Waals surface area (Å²) in [5, 5.41) is 20.0. The van der Waals surface area contributed by atoms with Crippen LogP contribution in [0, 0.1) is 15.9 Å². The highest BCUT2D eigenvalue weighted by Crippen LogP contribution is 2.24. The van der Waals surface area contributed by atoms with Gasteiger partial charge in [-0.25, -0.2) is 13.9 Å². The Morgan fingerprint density at radius 3 is 2.53 bits per heavy atom. The number of carbonyl (C=O) groups is 2. The van der Waals surface area contributed by atoms with Crippen molar-refractivity contribution in [3.63, 3.8) is 0 Å². The fourth-order valence-corrected chi connectivity index (χ4v) is 2.67. The molecule has 2 aromatic carbocycles. The predicted octanol–water partition coefficient (Wildman–Crippen LogP) is 4.52. The molecule has 0 aliphatic rings. The summed E-state index contributed by atoms with van der Waals surface area (Å²) in [6.45, 7) is 5.08. The molecule has 0 bridgehead atoms. The van der Waals surface area contributed by atoms with E-state index in [-0.39, 0.29) is 22.8 Å². The summed E-state index contributed by atoms with van der Waals surface area (Å²) in [6, 6.07) is 10.6.